The second-order valence-corrected chi connectivity index (χ2v) is 6.69. The first-order chi connectivity index (χ1) is 9.16. The molecule has 0 radical (unpaired) electrons. The summed E-state index contributed by atoms with van der Waals surface area (Å²) >= 11 is 5.92. The van der Waals surface area contributed by atoms with Gasteiger partial charge in [-0.25, -0.2) is 0 Å². The lowest BCUT2D eigenvalue weighted by atomic mass is 10.1. The predicted octanol–water partition coefficient (Wildman–Crippen LogP) is 1.64. The zero-order chi connectivity index (χ0) is 15.5. The van der Waals surface area contributed by atoms with Crippen LogP contribution in [-0.4, -0.2) is 36.9 Å². The van der Waals surface area contributed by atoms with Crippen molar-refractivity contribution >= 4 is 27.8 Å². The van der Waals surface area contributed by atoms with Crippen LogP contribution < -0.4 is 4.72 Å². The van der Waals surface area contributed by atoms with E-state index in [0.717, 1.165) is 4.31 Å². The fraction of sp³-hybridized carbons (Fsp3) is 0.417. The number of hydrogen-bond donors (Lipinski definition) is 2. The summed E-state index contributed by atoms with van der Waals surface area (Å²) in [6.45, 7) is 3.37. The number of hydrogen-bond acceptors (Lipinski definition) is 3. The van der Waals surface area contributed by atoms with E-state index in [2.05, 4.69) is 4.72 Å². The van der Waals surface area contributed by atoms with E-state index in [0.29, 0.717) is 0 Å². The summed E-state index contributed by atoms with van der Waals surface area (Å²) in [5.41, 5.74) is 0.197. The van der Waals surface area contributed by atoms with Crippen LogP contribution in [0.2, 0.25) is 5.02 Å². The van der Waals surface area contributed by atoms with Crippen molar-refractivity contribution in [3.8, 4) is 0 Å². The summed E-state index contributed by atoms with van der Waals surface area (Å²) in [5, 5.41) is 9.42. The molecule has 0 saturated carbocycles. The Morgan fingerprint density at radius 3 is 2.35 bits per heavy atom. The Kier molecular flexibility index (Phi) is 5.52. The van der Waals surface area contributed by atoms with E-state index < -0.39 is 22.2 Å². The highest BCUT2D eigenvalue weighted by Crippen LogP contribution is 2.24. The van der Waals surface area contributed by atoms with Gasteiger partial charge in [-0.05, 0) is 25.5 Å². The number of rotatable bonds is 6. The summed E-state index contributed by atoms with van der Waals surface area (Å²) in [4.78, 5) is 11.3. The molecule has 0 heterocycles. The molecule has 112 valence electrons. The quantitative estimate of drug-likeness (QED) is 0.834. The van der Waals surface area contributed by atoms with Crippen molar-refractivity contribution in [1.82, 2.24) is 9.03 Å². The zero-order valence-corrected chi connectivity index (χ0v) is 12.9. The molecule has 20 heavy (non-hydrogen) atoms. The van der Waals surface area contributed by atoms with Crippen molar-refractivity contribution in [2.24, 2.45) is 0 Å². The lowest BCUT2D eigenvalue weighted by molar-refractivity contribution is -0.139. The minimum absolute atomic E-state index is 0.190. The lowest BCUT2D eigenvalue weighted by Gasteiger charge is -2.24. The minimum atomic E-state index is -3.92. The maximum Gasteiger partial charge on any atom is 0.326 e. The van der Waals surface area contributed by atoms with Gasteiger partial charge in [-0.3, -0.25) is 4.79 Å². The van der Waals surface area contributed by atoms with E-state index in [-0.39, 0.29) is 16.6 Å². The molecule has 0 bridgehead atoms. The highest BCUT2D eigenvalue weighted by molar-refractivity contribution is 7.87. The molecule has 1 aromatic rings. The topological polar surface area (TPSA) is 86.7 Å². The lowest BCUT2D eigenvalue weighted by Crippen LogP contribution is -2.45. The van der Waals surface area contributed by atoms with Crippen LogP contribution in [0, 0.1) is 0 Å². The Labute approximate surface area is 123 Å². The van der Waals surface area contributed by atoms with E-state index in [1.54, 1.807) is 26.0 Å². The molecule has 0 unspecified atom stereocenters. The molecule has 1 atom stereocenters. The van der Waals surface area contributed by atoms with Gasteiger partial charge in [0.1, 0.15) is 6.04 Å². The average molecular weight is 321 g/mol. The molecule has 0 spiro atoms. The standard InChI is InChI=1S/C12H17ClN2O4S/c1-8(2)15(3)20(18,19)14-11(12(16)17)9-6-4-5-7-10(9)13/h4-8,11,14H,1-3H3,(H,16,17)/t11-/m1/s1. The number of benzene rings is 1. The average Bonchev–Trinajstić information content (AvgIpc) is 2.35. The predicted molar refractivity (Wildman–Crippen MR) is 76.8 cm³/mol. The van der Waals surface area contributed by atoms with Crippen LogP contribution in [0.1, 0.15) is 25.5 Å². The number of nitrogens with zero attached hydrogens (tertiary/aromatic N) is 1. The van der Waals surface area contributed by atoms with E-state index >= 15 is 0 Å². The molecule has 0 aliphatic carbocycles. The first-order valence-electron chi connectivity index (χ1n) is 5.89. The van der Waals surface area contributed by atoms with Gasteiger partial charge in [-0.2, -0.15) is 17.4 Å². The molecule has 1 rings (SSSR count). The normalized spacial score (nSPS) is 13.7. The summed E-state index contributed by atoms with van der Waals surface area (Å²) < 4.78 is 27.4. The van der Waals surface area contributed by atoms with E-state index in [1.165, 1.54) is 19.2 Å². The van der Waals surface area contributed by atoms with Gasteiger partial charge < -0.3 is 5.11 Å². The summed E-state index contributed by atoms with van der Waals surface area (Å²) in [5.74, 6) is -1.32. The molecule has 2 N–H and O–H groups in total. The molecule has 0 fully saturated rings. The molecule has 0 saturated heterocycles. The number of halogens is 1. The van der Waals surface area contributed by atoms with Crippen LogP contribution in [0.4, 0.5) is 0 Å². The van der Waals surface area contributed by atoms with Crippen molar-refractivity contribution in [2.75, 3.05) is 7.05 Å². The van der Waals surface area contributed by atoms with E-state index in [4.69, 9.17) is 11.6 Å². The molecule has 0 aliphatic heterocycles. The number of carboxylic acid groups (broad SMARTS) is 1. The van der Waals surface area contributed by atoms with Gasteiger partial charge in [0.15, 0.2) is 0 Å². The van der Waals surface area contributed by atoms with Crippen molar-refractivity contribution in [3.63, 3.8) is 0 Å². The molecular weight excluding hydrogens is 304 g/mol. The number of carbonyl (C=O) groups is 1. The summed E-state index contributed by atoms with van der Waals surface area (Å²) in [6.07, 6.45) is 0. The van der Waals surface area contributed by atoms with Gasteiger partial charge in [0, 0.05) is 18.1 Å². The van der Waals surface area contributed by atoms with Crippen LogP contribution in [-0.2, 0) is 15.0 Å². The highest BCUT2D eigenvalue weighted by Gasteiger charge is 2.30. The fourth-order valence-electron chi connectivity index (χ4n) is 1.47. The third-order valence-corrected chi connectivity index (χ3v) is 4.89. The van der Waals surface area contributed by atoms with Crippen molar-refractivity contribution in [2.45, 2.75) is 25.9 Å². The first-order valence-corrected chi connectivity index (χ1v) is 7.71. The van der Waals surface area contributed by atoms with Crippen LogP contribution >= 0.6 is 11.6 Å². The van der Waals surface area contributed by atoms with Crippen molar-refractivity contribution in [3.05, 3.63) is 34.9 Å². The Hall–Kier alpha value is -1.15. The Balaban J connectivity index is 3.13. The summed E-state index contributed by atoms with van der Waals surface area (Å²) in [6, 6.07) is 4.48. The van der Waals surface area contributed by atoms with Gasteiger partial charge in [-0.1, -0.05) is 29.8 Å². The SMILES string of the molecule is CC(C)N(C)S(=O)(=O)N[C@@H](C(=O)O)c1ccccc1Cl. The number of nitrogens with one attached hydrogen (secondary N) is 1. The van der Waals surface area contributed by atoms with Crippen LogP contribution in [0.5, 0.6) is 0 Å². The monoisotopic (exact) mass is 320 g/mol. The van der Waals surface area contributed by atoms with Gasteiger partial charge in [0.05, 0.1) is 0 Å². The van der Waals surface area contributed by atoms with Gasteiger partial charge >= 0.3 is 5.97 Å². The Morgan fingerprint density at radius 1 is 1.35 bits per heavy atom. The minimum Gasteiger partial charge on any atom is -0.480 e. The van der Waals surface area contributed by atoms with Crippen LogP contribution in [0.15, 0.2) is 24.3 Å². The van der Waals surface area contributed by atoms with Gasteiger partial charge in [0.2, 0.25) is 0 Å². The smallest absolute Gasteiger partial charge is 0.326 e. The molecule has 0 aromatic heterocycles. The molecule has 0 aliphatic rings. The molecular formula is C12H17ClN2O4S. The maximum atomic E-state index is 12.1. The van der Waals surface area contributed by atoms with E-state index in [1.807, 2.05) is 0 Å². The van der Waals surface area contributed by atoms with Crippen molar-refractivity contribution in [1.29, 1.82) is 0 Å². The van der Waals surface area contributed by atoms with E-state index in [9.17, 15) is 18.3 Å². The number of aliphatic carboxylic acids is 1. The van der Waals surface area contributed by atoms with Crippen molar-refractivity contribution < 1.29 is 18.3 Å². The Morgan fingerprint density at radius 2 is 1.90 bits per heavy atom. The highest BCUT2D eigenvalue weighted by atomic mass is 35.5. The first kappa shape index (κ1) is 16.9. The number of carboxylic acids is 1. The third-order valence-electron chi connectivity index (χ3n) is 2.84. The molecule has 8 heteroatoms. The second-order valence-electron chi connectivity index (χ2n) is 4.53. The van der Waals surface area contributed by atoms with Crippen LogP contribution in [0.3, 0.4) is 0 Å². The third kappa shape index (κ3) is 3.92. The van der Waals surface area contributed by atoms with Gasteiger partial charge in [-0.15, -0.1) is 0 Å². The fourth-order valence-corrected chi connectivity index (χ4v) is 2.96. The Bertz CT molecular complexity index is 589. The molecule has 1 aromatic carbocycles. The zero-order valence-electron chi connectivity index (χ0n) is 11.4. The summed E-state index contributed by atoms with van der Waals surface area (Å²) in [7, 11) is -2.55. The van der Waals surface area contributed by atoms with Crippen LogP contribution in [0.25, 0.3) is 0 Å². The van der Waals surface area contributed by atoms with Gasteiger partial charge in [0.25, 0.3) is 10.2 Å². The maximum absolute atomic E-state index is 12.1. The second kappa shape index (κ2) is 6.53. The largest absolute Gasteiger partial charge is 0.480 e. The molecule has 0 amide bonds. The molecule has 6 nitrogen and oxygen atoms in total.